The summed E-state index contributed by atoms with van der Waals surface area (Å²) in [6.45, 7) is 1.50. The van der Waals surface area contributed by atoms with Gasteiger partial charge < -0.3 is 15.4 Å². The van der Waals surface area contributed by atoms with Gasteiger partial charge in [-0.05, 0) is 35.9 Å². The summed E-state index contributed by atoms with van der Waals surface area (Å²) in [6.07, 6.45) is 8.84. The molecule has 152 valence electrons. The van der Waals surface area contributed by atoms with E-state index in [1.165, 1.54) is 0 Å². The molecule has 4 aromatic rings. The molecule has 3 aromatic heterocycles. The van der Waals surface area contributed by atoms with E-state index in [1.807, 2.05) is 48.8 Å². The maximum absolute atomic E-state index is 12.2. The monoisotopic (exact) mass is 403 g/mol. The van der Waals surface area contributed by atoms with Crippen molar-refractivity contribution in [2.24, 2.45) is 0 Å². The minimum atomic E-state index is -0.306. The maximum atomic E-state index is 12.2. The molecule has 0 aliphatic carbocycles. The molecular formula is C21H21N7O2. The number of aromatic nitrogens is 5. The predicted molar refractivity (Wildman–Crippen MR) is 111 cm³/mol. The van der Waals surface area contributed by atoms with Crippen LogP contribution in [0.15, 0.2) is 79.5 Å². The molecule has 0 saturated heterocycles. The average Bonchev–Trinajstić information content (AvgIpc) is 3.47. The van der Waals surface area contributed by atoms with Gasteiger partial charge in [-0.1, -0.05) is 12.1 Å². The maximum Gasteiger partial charge on any atom is 0.319 e. The number of carbonyl (C=O) groups excluding carboxylic acids is 1. The molecule has 30 heavy (non-hydrogen) atoms. The second-order valence-corrected chi connectivity index (χ2v) is 6.43. The van der Waals surface area contributed by atoms with Gasteiger partial charge >= 0.3 is 6.03 Å². The normalized spacial score (nSPS) is 10.5. The van der Waals surface area contributed by atoms with Gasteiger partial charge in [-0.2, -0.15) is 10.2 Å². The summed E-state index contributed by atoms with van der Waals surface area (Å²) in [4.78, 5) is 16.6. The zero-order chi connectivity index (χ0) is 20.6. The van der Waals surface area contributed by atoms with E-state index < -0.39 is 0 Å². The molecule has 3 heterocycles. The fourth-order valence-electron chi connectivity index (χ4n) is 2.77. The summed E-state index contributed by atoms with van der Waals surface area (Å²) >= 11 is 0. The zero-order valence-corrected chi connectivity index (χ0v) is 16.2. The van der Waals surface area contributed by atoms with Crippen molar-refractivity contribution in [3.8, 4) is 11.6 Å². The number of hydrogen-bond acceptors (Lipinski definition) is 5. The number of benzene rings is 1. The number of hydrogen-bond donors (Lipinski definition) is 2. The second kappa shape index (κ2) is 9.37. The predicted octanol–water partition coefficient (Wildman–Crippen LogP) is 2.86. The van der Waals surface area contributed by atoms with Crippen LogP contribution in [-0.4, -0.2) is 37.2 Å². The van der Waals surface area contributed by atoms with Gasteiger partial charge in [0.05, 0.1) is 6.54 Å². The van der Waals surface area contributed by atoms with E-state index in [0.29, 0.717) is 31.1 Å². The number of nitrogens with one attached hydrogen (secondary N) is 2. The molecule has 0 atom stereocenters. The topological polar surface area (TPSA) is 98.9 Å². The van der Waals surface area contributed by atoms with Crippen LogP contribution in [0.4, 0.5) is 10.5 Å². The number of nitrogens with zero attached hydrogens (tertiary/aromatic N) is 5. The standard InChI is InChI=1S/C21H21N7O2/c29-21(23-16-17-6-7-20(22-15-17)28-11-3-9-25-28)26-18-4-1-5-19(14-18)30-13-12-27-10-2-8-24-27/h1-11,14-15H,12-13,16H2,(H2,23,26,29). The minimum Gasteiger partial charge on any atom is -0.492 e. The Morgan fingerprint density at radius 2 is 1.93 bits per heavy atom. The molecular weight excluding hydrogens is 382 g/mol. The molecule has 0 aliphatic heterocycles. The molecule has 0 unspecified atom stereocenters. The van der Waals surface area contributed by atoms with Gasteiger partial charge in [-0.15, -0.1) is 0 Å². The lowest BCUT2D eigenvalue weighted by molar-refractivity contribution is 0.251. The highest BCUT2D eigenvalue weighted by atomic mass is 16.5. The first kappa shape index (κ1) is 19.2. The van der Waals surface area contributed by atoms with Crippen molar-refractivity contribution in [1.82, 2.24) is 29.9 Å². The summed E-state index contributed by atoms with van der Waals surface area (Å²) in [5.74, 6) is 1.40. The Hall–Kier alpha value is -4.14. The summed E-state index contributed by atoms with van der Waals surface area (Å²) in [6, 6.07) is 14.4. The van der Waals surface area contributed by atoms with Crippen LogP contribution in [0.25, 0.3) is 5.82 Å². The van der Waals surface area contributed by atoms with Crippen molar-refractivity contribution in [3.05, 3.63) is 85.1 Å². The van der Waals surface area contributed by atoms with Gasteiger partial charge in [-0.25, -0.2) is 14.5 Å². The van der Waals surface area contributed by atoms with E-state index in [0.717, 1.165) is 11.4 Å². The first-order valence-electron chi connectivity index (χ1n) is 9.46. The van der Waals surface area contributed by atoms with Crippen molar-refractivity contribution in [1.29, 1.82) is 0 Å². The molecule has 9 nitrogen and oxygen atoms in total. The summed E-state index contributed by atoms with van der Waals surface area (Å²) in [5.41, 5.74) is 1.54. The van der Waals surface area contributed by atoms with Gasteiger partial charge in [0.1, 0.15) is 12.4 Å². The van der Waals surface area contributed by atoms with Crippen LogP contribution in [-0.2, 0) is 13.1 Å². The van der Waals surface area contributed by atoms with E-state index in [9.17, 15) is 4.79 Å². The molecule has 4 rings (SSSR count). The summed E-state index contributed by atoms with van der Waals surface area (Å²) in [7, 11) is 0. The molecule has 0 spiro atoms. The highest BCUT2D eigenvalue weighted by molar-refractivity contribution is 5.89. The van der Waals surface area contributed by atoms with E-state index in [2.05, 4.69) is 25.8 Å². The van der Waals surface area contributed by atoms with E-state index in [1.54, 1.807) is 40.1 Å². The van der Waals surface area contributed by atoms with Crippen LogP contribution in [0.5, 0.6) is 5.75 Å². The SMILES string of the molecule is O=C(NCc1ccc(-n2cccn2)nc1)Nc1cccc(OCCn2cccn2)c1. The van der Waals surface area contributed by atoms with Crippen molar-refractivity contribution >= 4 is 11.7 Å². The number of pyridine rings is 1. The fourth-order valence-corrected chi connectivity index (χ4v) is 2.77. The molecule has 0 bridgehead atoms. The molecule has 0 aliphatic rings. The quantitative estimate of drug-likeness (QED) is 0.471. The Labute approximate surface area is 173 Å². The highest BCUT2D eigenvalue weighted by Gasteiger charge is 2.05. The zero-order valence-electron chi connectivity index (χ0n) is 16.2. The Morgan fingerprint density at radius 1 is 1.03 bits per heavy atom. The Morgan fingerprint density at radius 3 is 2.70 bits per heavy atom. The average molecular weight is 403 g/mol. The molecule has 2 amide bonds. The summed E-state index contributed by atoms with van der Waals surface area (Å²) < 4.78 is 9.20. The summed E-state index contributed by atoms with van der Waals surface area (Å²) in [5, 5.41) is 13.9. The number of anilines is 1. The number of amides is 2. The van der Waals surface area contributed by atoms with Crippen LogP contribution >= 0.6 is 0 Å². The number of ether oxygens (including phenoxy) is 1. The Kier molecular flexibility index (Phi) is 5.99. The fraction of sp³-hybridized carbons (Fsp3) is 0.143. The first-order chi connectivity index (χ1) is 14.8. The van der Waals surface area contributed by atoms with E-state index >= 15 is 0 Å². The van der Waals surface area contributed by atoms with Crippen molar-refractivity contribution < 1.29 is 9.53 Å². The third kappa shape index (κ3) is 5.22. The number of urea groups is 1. The first-order valence-corrected chi connectivity index (χ1v) is 9.46. The van der Waals surface area contributed by atoms with Gasteiger partial charge in [0.25, 0.3) is 0 Å². The Bertz CT molecular complexity index is 1060. The highest BCUT2D eigenvalue weighted by Crippen LogP contribution is 2.17. The second-order valence-electron chi connectivity index (χ2n) is 6.43. The lowest BCUT2D eigenvalue weighted by Crippen LogP contribution is -2.28. The number of carbonyl (C=O) groups is 1. The third-order valence-electron chi connectivity index (χ3n) is 4.24. The van der Waals surface area contributed by atoms with Crippen LogP contribution in [0.1, 0.15) is 5.56 Å². The van der Waals surface area contributed by atoms with Gasteiger partial charge in [-0.3, -0.25) is 4.68 Å². The van der Waals surface area contributed by atoms with Crippen LogP contribution in [0.2, 0.25) is 0 Å². The van der Waals surface area contributed by atoms with E-state index in [-0.39, 0.29) is 6.03 Å². The lowest BCUT2D eigenvalue weighted by atomic mass is 10.3. The van der Waals surface area contributed by atoms with Gasteiger partial charge in [0.2, 0.25) is 0 Å². The molecule has 9 heteroatoms. The van der Waals surface area contributed by atoms with Crippen molar-refractivity contribution in [2.45, 2.75) is 13.1 Å². The van der Waals surface area contributed by atoms with Crippen LogP contribution < -0.4 is 15.4 Å². The molecule has 0 radical (unpaired) electrons. The molecule has 0 fully saturated rings. The molecule has 0 saturated carbocycles. The lowest BCUT2D eigenvalue weighted by Gasteiger charge is -2.10. The third-order valence-corrected chi connectivity index (χ3v) is 4.24. The van der Waals surface area contributed by atoms with Crippen LogP contribution in [0, 0.1) is 0 Å². The van der Waals surface area contributed by atoms with Gasteiger partial charge in [0.15, 0.2) is 5.82 Å². The minimum absolute atomic E-state index is 0.306. The van der Waals surface area contributed by atoms with Crippen molar-refractivity contribution in [2.75, 3.05) is 11.9 Å². The van der Waals surface area contributed by atoms with E-state index in [4.69, 9.17) is 4.74 Å². The van der Waals surface area contributed by atoms with Crippen LogP contribution in [0.3, 0.4) is 0 Å². The number of rotatable bonds is 8. The largest absolute Gasteiger partial charge is 0.492 e. The Balaban J connectivity index is 1.24. The molecule has 1 aromatic carbocycles. The van der Waals surface area contributed by atoms with Gasteiger partial charge in [0, 0.05) is 49.3 Å². The molecule has 2 N–H and O–H groups in total. The smallest absolute Gasteiger partial charge is 0.319 e. The van der Waals surface area contributed by atoms with Crippen molar-refractivity contribution in [3.63, 3.8) is 0 Å².